The molecule has 0 fully saturated rings. The maximum atomic E-state index is 10.9. The number of hydrogen-bond donors (Lipinski definition) is 2. The first-order valence-electron chi connectivity index (χ1n) is 5.61. The van der Waals surface area contributed by atoms with Crippen LogP contribution in [0.15, 0.2) is 17.5 Å². The Morgan fingerprint density at radius 1 is 1.35 bits per heavy atom. The molecule has 17 heavy (non-hydrogen) atoms. The van der Waals surface area contributed by atoms with E-state index in [9.17, 15) is 8.42 Å². The van der Waals surface area contributed by atoms with Crippen molar-refractivity contribution in [2.45, 2.75) is 19.9 Å². The first-order valence-corrected chi connectivity index (χ1v) is 8.38. The zero-order chi connectivity index (χ0) is 12.9. The van der Waals surface area contributed by atoms with Crippen LogP contribution in [0.1, 0.15) is 24.8 Å². The normalized spacial score (nSPS) is 14.1. The fourth-order valence-corrected chi connectivity index (χ4v) is 3.04. The molecule has 1 aromatic rings. The summed E-state index contributed by atoms with van der Waals surface area (Å²) >= 11 is 1.72. The molecule has 0 bridgehead atoms. The van der Waals surface area contributed by atoms with Gasteiger partial charge in [-0.2, -0.15) is 0 Å². The highest BCUT2D eigenvalue weighted by molar-refractivity contribution is 7.88. The van der Waals surface area contributed by atoms with Crippen molar-refractivity contribution < 1.29 is 8.42 Å². The molecule has 1 unspecified atom stereocenters. The highest BCUT2D eigenvalue weighted by Crippen LogP contribution is 2.25. The largest absolute Gasteiger partial charge is 0.308 e. The minimum atomic E-state index is -3.08. The van der Waals surface area contributed by atoms with Crippen LogP contribution in [0.4, 0.5) is 0 Å². The van der Waals surface area contributed by atoms with Gasteiger partial charge in [0, 0.05) is 24.0 Å². The van der Waals surface area contributed by atoms with Gasteiger partial charge in [-0.25, -0.2) is 13.1 Å². The summed E-state index contributed by atoms with van der Waals surface area (Å²) in [7, 11) is -3.08. The minimum absolute atomic E-state index is 0.288. The predicted octanol–water partition coefficient (Wildman–Crippen LogP) is 1.58. The van der Waals surface area contributed by atoms with Gasteiger partial charge >= 0.3 is 0 Å². The average Bonchev–Trinajstić information content (AvgIpc) is 2.68. The maximum Gasteiger partial charge on any atom is 0.208 e. The van der Waals surface area contributed by atoms with Gasteiger partial charge in [0.05, 0.1) is 6.26 Å². The third-order valence-corrected chi connectivity index (χ3v) is 4.05. The lowest BCUT2D eigenvalue weighted by atomic mass is 10.0. The summed E-state index contributed by atoms with van der Waals surface area (Å²) in [6.45, 7) is 5.37. The van der Waals surface area contributed by atoms with Crippen molar-refractivity contribution in [2.75, 3.05) is 19.3 Å². The molecular formula is C11H20N2O2S2. The molecular weight excluding hydrogens is 256 g/mol. The van der Waals surface area contributed by atoms with Crippen LogP contribution in [0.5, 0.6) is 0 Å². The van der Waals surface area contributed by atoms with Gasteiger partial charge in [0.15, 0.2) is 0 Å². The third-order valence-electron chi connectivity index (χ3n) is 2.37. The van der Waals surface area contributed by atoms with E-state index in [1.807, 2.05) is 6.07 Å². The monoisotopic (exact) mass is 276 g/mol. The van der Waals surface area contributed by atoms with Crippen molar-refractivity contribution in [3.63, 3.8) is 0 Å². The van der Waals surface area contributed by atoms with E-state index in [2.05, 4.69) is 35.3 Å². The van der Waals surface area contributed by atoms with Crippen molar-refractivity contribution >= 4 is 21.4 Å². The molecule has 1 rings (SSSR count). The van der Waals surface area contributed by atoms with Crippen molar-refractivity contribution in [1.29, 1.82) is 0 Å². The molecule has 1 aromatic heterocycles. The number of hydrogen-bond acceptors (Lipinski definition) is 4. The van der Waals surface area contributed by atoms with Gasteiger partial charge in [-0.3, -0.25) is 0 Å². The standard InChI is InChI=1S/C11H20N2O2S2/c1-9(2)11(10-5-4-8-16-10)12-6-7-13-17(3,14)15/h4-5,8-9,11-13H,6-7H2,1-3H3. The second-order valence-corrected chi connectivity index (χ2v) is 7.17. The average molecular weight is 276 g/mol. The maximum absolute atomic E-state index is 10.9. The van der Waals surface area contributed by atoms with Gasteiger partial charge < -0.3 is 5.32 Å². The van der Waals surface area contributed by atoms with Crippen molar-refractivity contribution in [2.24, 2.45) is 5.92 Å². The Kier molecular flexibility index (Phi) is 5.58. The fraction of sp³-hybridized carbons (Fsp3) is 0.636. The van der Waals surface area contributed by atoms with Gasteiger partial charge in [0.1, 0.15) is 0 Å². The number of sulfonamides is 1. The van der Waals surface area contributed by atoms with Crippen molar-refractivity contribution in [1.82, 2.24) is 10.0 Å². The van der Waals surface area contributed by atoms with E-state index in [4.69, 9.17) is 0 Å². The second-order valence-electron chi connectivity index (χ2n) is 4.36. The second kappa shape index (κ2) is 6.49. The molecule has 0 aliphatic heterocycles. The molecule has 0 amide bonds. The lowest BCUT2D eigenvalue weighted by molar-refractivity contribution is 0.420. The molecule has 6 heteroatoms. The molecule has 4 nitrogen and oxygen atoms in total. The Bertz CT molecular complexity index is 413. The van der Waals surface area contributed by atoms with E-state index in [1.165, 1.54) is 11.1 Å². The first kappa shape index (κ1) is 14.6. The van der Waals surface area contributed by atoms with Crippen LogP contribution in [-0.4, -0.2) is 27.8 Å². The highest BCUT2D eigenvalue weighted by Gasteiger charge is 2.15. The van der Waals surface area contributed by atoms with Crippen LogP contribution < -0.4 is 10.0 Å². The molecule has 0 saturated carbocycles. The predicted molar refractivity (Wildman–Crippen MR) is 72.7 cm³/mol. The molecule has 2 N–H and O–H groups in total. The summed E-state index contributed by atoms with van der Waals surface area (Å²) < 4.78 is 24.3. The molecule has 1 atom stereocenters. The lowest BCUT2D eigenvalue weighted by Crippen LogP contribution is -2.34. The summed E-state index contributed by atoms with van der Waals surface area (Å²) in [6.07, 6.45) is 1.17. The van der Waals surface area contributed by atoms with Gasteiger partial charge in [0.2, 0.25) is 10.0 Å². The van der Waals surface area contributed by atoms with E-state index >= 15 is 0 Å². The molecule has 0 aromatic carbocycles. The Hall–Kier alpha value is -0.430. The number of nitrogens with one attached hydrogen (secondary N) is 2. The molecule has 0 saturated heterocycles. The molecule has 0 radical (unpaired) electrons. The first-order chi connectivity index (χ1) is 7.90. The van der Waals surface area contributed by atoms with Gasteiger partial charge in [-0.1, -0.05) is 19.9 Å². The Morgan fingerprint density at radius 3 is 2.53 bits per heavy atom. The molecule has 0 aliphatic carbocycles. The summed E-state index contributed by atoms with van der Waals surface area (Å²) in [4.78, 5) is 1.29. The van der Waals surface area contributed by atoms with Gasteiger partial charge in [-0.15, -0.1) is 11.3 Å². The highest BCUT2D eigenvalue weighted by atomic mass is 32.2. The van der Waals surface area contributed by atoms with Gasteiger partial charge in [-0.05, 0) is 17.4 Å². The lowest BCUT2D eigenvalue weighted by Gasteiger charge is -2.21. The number of rotatable bonds is 7. The minimum Gasteiger partial charge on any atom is -0.308 e. The van der Waals surface area contributed by atoms with Crippen LogP contribution >= 0.6 is 11.3 Å². The zero-order valence-electron chi connectivity index (χ0n) is 10.4. The Labute approximate surface area is 107 Å². The van der Waals surface area contributed by atoms with Crippen LogP contribution in [0.3, 0.4) is 0 Å². The van der Waals surface area contributed by atoms with E-state index in [-0.39, 0.29) is 6.04 Å². The van der Waals surface area contributed by atoms with Crippen molar-refractivity contribution in [3.8, 4) is 0 Å². The van der Waals surface area contributed by atoms with E-state index < -0.39 is 10.0 Å². The summed E-state index contributed by atoms with van der Waals surface area (Å²) in [5, 5.41) is 5.43. The van der Waals surface area contributed by atoms with E-state index in [0.717, 1.165) is 0 Å². The molecule has 0 spiro atoms. The Balaban J connectivity index is 2.42. The SMILES string of the molecule is CC(C)C(NCCNS(C)(=O)=O)c1cccs1. The van der Waals surface area contributed by atoms with E-state index in [1.54, 1.807) is 11.3 Å². The third kappa shape index (κ3) is 5.63. The molecule has 0 aliphatic rings. The quantitative estimate of drug-likeness (QED) is 0.744. The summed E-state index contributed by atoms with van der Waals surface area (Å²) in [5.41, 5.74) is 0. The van der Waals surface area contributed by atoms with Crippen LogP contribution in [0, 0.1) is 5.92 Å². The number of thiophene rings is 1. The zero-order valence-corrected chi connectivity index (χ0v) is 12.1. The fourth-order valence-electron chi connectivity index (χ4n) is 1.60. The smallest absolute Gasteiger partial charge is 0.208 e. The Morgan fingerprint density at radius 2 is 2.06 bits per heavy atom. The van der Waals surface area contributed by atoms with Crippen LogP contribution in [0.2, 0.25) is 0 Å². The molecule has 98 valence electrons. The summed E-state index contributed by atoms with van der Waals surface area (Å²) in [5.74, 6) is 0.479. The van der Waals surface area contributed by atoms with Crippen molar-refractivity contribution in [3.05, 3.63) is 22.4 Å². The van der Waals surface area contributed by atoms with E-state index in [0.29, 0.717) is 19.0 Å². The molecule has 1 heterocycles. The van der Waals surface area contributed by atoms with Crippen LogP contribution in [-0.2, 0) is 10.0 Å². The topological polar surface area (TPSA) is 58.2 Å². The van der Waals surface area contributed by atoms with Crippen LogP contribution in [0.25, 0.3) is 0 Å². The summed E-state index contributed by atoms with van der Waals surface area (Å²) in [6, 6.07) is 4.43. The van der Waals surface area contributed by atoms with Gasteiger partial charge in [0.25, 0.3) is 0 Å².